The van der Waals surface area contributed by atoms with Crippen molar-refractivity contribution in [1.29, 1.82) is 0 Å². The number of ether oxygens (including phenoxy) is 1. The summed E-state index contributed by atoms with van der Waals surface area (Å²) in [5.74, 6) is 0.877. The van der Waals surface area contributed by atoms with Crippen LogP contribution in [0.5, 0.6) is 5.75 Å². The van der Waals surface area contributed by atoms with Gasteiger partial charge < -0.3 is 10.5 Å². The van der Waals surface area contributed by atoms with Gasteiger partial charge in [-0.15, -0.1) is 0 Å². The van der Waals surface area contributed by atoms with E-state index in [1.807, 2.05) is 12.1 Å². The summed E-state index contributed by atoms with van der Waals surface area (Å²) in [5.41, 5.74) is 7.40. The zero-order valence-corrected chi connectivity index (χ0v) is 14.7. The van der Waals surface area contributed by atoms with E-state index in [0.29, 0.717) is 0 Å². The van der Waals surface area contributed by atoms with Crippen LogP contribution in [0.25, 0.3) is 0 Å². The molecule has 2 nitrogen and oxygen atoms in total. The smallest absolute Gasteiger partial charge is 0.119 e. The molecule has 1 atom stereocenters. The number of hydrogen-bond acceptors (Lipinski definition) is 3. The summed E-state index contributed by atoms with van der Waals surface area (Å²) in [6.07, 6.45) is 1.88. The molecule has 0 fully saturated rings. The maximum absolute atomic E-state index is 6.11. The van der Waals surface area contributed by atoms with Crippen LogP contribution in [-0.4, -0.2) is 13.2 Å². The molecule has 0 bridgehead atoms. The van der Waals surface area contributed by atoms with E-state index in [2.05, 4.69) is 53.2 Å². The lowest BCUT2D eigenvalue weighted by Crippen LogP contribution is -2.21. The van der Waals surface area contributed by atoms with E-state index < -0.39 is 0 Å². The van der Waals surface area contributed by atoms with Crippen molar-refractivity contribution in [1.82, 2.24) is 0 Å². The van der Waals surface area contributed by atoms with Crippen molar-refractivity contribution in [2.45, 2.75) is 35.6 Å². The van der Waals surface area contributed by atoms with Crippen molar-refractivity contribution in [2.75, 3.05) is 7.11 Å². The summed E-state index contributed by atoms with van der Waals surface area (Å²) < 4.78 is 6.37. The van der Waals surface area contributed by atoms with Gasteiger partial charge in [0.1, 0.15) is 5.75 Å². The molecule has 0 amide bonds. The van der Waals surface area contributed by atoms with Crippen molar-refractivity contribution in [3.8, 4) is 5.75 Å². The summed E-state index contributed by atoms with van der Waals surface area (Å²) in [6, 6.07) is 14.7. The second-order valence-corrected chi connectivity index (χ2v) is 6.94. The Morgan fingerprint density at radius 1 is 1.24 bits per heavy atom. The summed E-state index contributed by atoms with van der Waals surface area (Å²) >= 11 is 5.30. The number of nitrogens with two attached hydrogens (primary N) is 1. The molecule has 1 unspecified atom stereocenters. The first-order chi connectivity index (χ1) is 10.1. The first kappa shape index (κ1) is 16.4. The van der Waals surface area contributed by atoms with E-state index in [9.17, 15) is 0 Å². The molecule has 0 spiro atoms. The van der Waals surface area contributed by atoms with Crippen molar-refractivity contribution in [3.63, 3.8) is 0 Å². The van der Waals surface area contributed by atoms with E-state index in [1.165, 1.54) is 15.4 Å². The molecule has 0 aliphatic heterocycles. The van der Waals surface area contributed by atoms with Crippen LogP contribution < -0.4 is 10.5 Å². The highest BCUT2D eigenvalue weighted by molar-refractivity contribution is 9.10. The highest BCUT2D eigenvalue weighted by atomic mass is 79.9. The van der Waals surface area contributed by atoms with Gasteiger partial charge in [-0.3, -0.25) is 0 Å². The molecule has 0 aromatic heterocycles. The third-order valence-corrected chi connectivity index (χ3v) is 4.89. The fraction of sp³-hybridized carbons (Fsp3) is 0.294. The fourth-order valence-corrected chi connectivity index (χ4v) is 3.57. The Morgan fingerprint density at radius 2 is 2.05 bits per heavy atom. The Labute approximate surface area is 139 Å². The van der Waals surface area contributed by atoms with Crippen LogP contribution in [0.3, 0.4) is 0 Å². The van der Waals surface area contributed by atoms with Gasteiger partial charge in [-0.05, 0) is 48.7 Å². The van der Waals surface area contributed by atoms with Crippen LogP contribution in [0.2, 0.25) is 0 Å². The Morgan fingerprint density at radius 3 is 2.76 bits per heavy atom. The van der Waals surface area contributed by atoms with Gasteiger partial charge in [-0.25, -0.2) is 0 Å². The van der Waals surface area contributed by atoms with Crippen LogP contribution in [-0.2, 0) is 6.42 Å². The lowest BCUT2D eigenvalue weighted by atomic mass is 10.1. The molecule has 2 aromatic carbocycles. The molecule has 2 aromatic rings. The highest BCUT2D eigenvalue weighted by Gasteiger charge is 2.09. The summed E-state index contributed by atoms with van der Waals surface area (Å²) in [7, 11) is 1.69. The number of methoxy groups -OCH3 is 1. The molecule has 2 N–H and O–H groups in total. The van der Waals surface area contributed by atoms with Gasteiger partial charge in [0.05, 0.1) is 7.11 Å². The van der Waals surface area contributed by atoms with Gasteiger partial charge >= 0.3 is 0 Å². The summed E-state index contributed by atoms with van der Waals surface area (Å²) in [6.45, 7) is 2.12. The molecule has 0 aliphatic carbocycles. The zero-order valence-electron chi connectivity index (χ0n) is 12.3. The molecule has 0 saturated heterocycles. The molecule has 0 heterocycles. The number of halogens is 1. The SMILES string of the molecule is CCC(N)Cc1ccc(Br)cc1Sc1cccc(OC)c1. The van der Waals surface area contributed by atoms with E-state index in [4.69, 9.17) is 10.5 Å². The molecule has 112 valence electrons. The van der Waals surface area contributed by atoms with Gasteiger partial charge in [-0.2, -0.15) is 0 Å². The third kappa shape index (κ3) is 4.77. The highest BCUT2D eigenvalue weighted by Crippen LogP contribution is 2.34. The van der Waals surface area contributed by atoms with Gasteiger partial charge in [0.2, 0.25) is 0 Å². The van der Waals surface area contributed by atoms with Crippen molar-refractivity contribution in [2.24, 2.45) is 5.73 Å². The van der Waals surface area contributed by atoms with Crippen LogP contribution in [0, 0.1) is 0 Å². The largest absolute Gasteiger partial charge is 0.497 e. The quantitative estimate of drug-likeness (QED) is 0.791. The maximum Gasteiger partial charge on any atom is 0.119 e. The first-order valence-corrected chi connectivity index (χ1v) is 8.59. The average molecular weight is 366 g/mol. The van der Waals surface area contributed by atoms with Gasteiger partial charge in [-0.1, -0.05) is 46.7 Å². The molecule has 0 radical (unpaired) electrons. The van der Waals surface area contributed by atoms with Crippen LogP contribution in [0.4, 0.5) is 0 Å². The van der Waals surface area contributed by atoms with Crippen molar-refractivity contribution in [3.05, 3.63) is 52.5 Å². The molecule has 0 aliphatic rings. The minimum Gasteiger partial charge on any atom is -0.497 e. The lowest BCUT2D eigenvalue weighted by Gasteiger charge is -2.14. The number of rotatable bonds is 6. The number of benzene rings is 2. The lowest BCUT2D eigenvalue weighted by molar-refractivity contribution is 0.413. The molecule has 21 heavy (non-hydrogen) atoms. The zero-order chi connectivity index (χ0) is 15.2. The van der Waals surface area contributed by atoms with E-state index in [0.717, 1.165) is 23.1 Å². The minimum atomic E-state index is 0.204. The monoisotopic (exact) mass is 365 g/mol. The second kappa shape index (κ2) is 7.87. The number of hydrogen-bond donors (Lipinski definition) is 1. The van der Waals surface area contributed by atoms with Crippen LogP contribution >= 0.6 is 27.7 Å². The fourth-order valence-electron chi connectivity index (χ4n) is 2.01. The van der Waals surface area contributed by atoms with Crippen molar-refractivity contribution >= 4 is 27.7 Å². The molecule has 0 saturated carbocycles. The Kier molecular flexibility index (Phi) is 6.15. The summed E-state index contributed by atoms with van der Waals surface area (Å²) in [5, 5.41) is 0. The third-order valence-electron chi connectivity index (χ3n) is 3.30. The van der Waals surface area contributed by atoms with Crippen molar-refractivity contribution < 1.29 is 4.74 Å². The van der Waals surface area contributed by atoms with Crippen LogP contribution in [0.15, 0.2) is 56.7 Å². The van der Waals surface area contributed by atoms with Crippen LogP contribution in [0.1, 0.15) is 18.9 Å². The Hall–Kier alpha value is -0.970. The van der Waals surface area contributed by atoms with E-state index >= 15 is 0 Å². The predicted molar refractivity (Wildman–Crippen MR) is 93.2 cm³/mol. The Balaban J connectivity index is 2.26. The van der Waals surface area contributed by atoms with Gasteiger partial charge in [0.25, 0.3) is 0 Å². The second-order valence-electron chi connectivity index (χ2n) is 4.91. The first-order valence-electron chi connectivity index (χ1n) is 6.98. The maximum atomic E-state index is 6.11. The predicted octanol–water partition coefficient (Wildman–Crippen LogP) is 4.89. The molecular formula is C17H20BrNOS. The Bertz CT molecular complexity index is 603. The normalized spacial score (nSPS) is 12.2. The standard InChI is InChI=1S/C17H20BrNOS/c1-3-14(19)9-12-7-8-13(18)10-17(12)21-16-6-4-5-15(11-16)20-2/h4-8,10-11,14H,3,9,19H2,1-2H3. The van der Waals surface area contributed by atoms with Gasteiger partial charge in [0.15, 0.2) is 0 Å². The summed E-state index contributed by atoms with van der Waals surface area (Å²) in [4.78, 5) is 2.40. The molecule has 4 heteroatoms. The minimum absolute atomic E-state index is 0.204. The van der Waals surface area contributed by atoms with E-state index in [1.54, 1.807) is 18.9 Å². The van der Waals surface area contributed by atoms with Gasteiger partial charge in [0, 0.05) is 20.3 Å². The average Bonchev–Trinajstić information content (AvgIpc) is 2.50. The topological polar surface area (TPSA) is 35.2 Å². The molecule has 2 rings (SSSR count). The van der Waals surface area contributed by atoms with E-state index in [-0.39, 0.29) is 6.04 Å². The molecular weight excluding hydrogens is 346 g/mol.